The molecule has 1 saturated carbocycles. The highest BCUT2D eigenvalue weighted by Gasteiger charge is 2.43. The number of amides is 1. The van der Waals surface area contributed by atoms with Crippen molar-refractivity contribution in [3.05, 3.63) is 76.1 Å². The van der Waals surface area contributed by atoms with E-state index >= 15 is 0 Å². The monoisotopic (exact) mass is 596 g/mol. The molecule has 0 spiro atoms. The van der Waals surface area contributed by atoms with Crippen LogP contribution in [0.25, 0.3) is 0 Å². The number of carboxylic acids is 1. The number of alkyl halides is 3. The van der Waals surface area contributed by atoms with Gasteiger partial charge in [-0.1, -0.05) is 23.7 Å². The third-order valence-electron chi connectivity index (χ3n) is 6.96. The van der Waals surface area contributed by atoms with Crippen LogP contribution >= 0.6 is 11.6 Å². The Morgan fingerprint density at radius 1 is 1.10 bits per heavy atom. The standard InChI is InChI=1S/C27H25ClF4N4O5/c1-41-22-12-33-11-20(28)23(22)21(37)14-35(13-15-2-6-17(29)7-3-15)25(38)19-10-34-36(24(19)27(30,31)32)18-8-4-16(5-9-18)26(39)40/h2-3,6-7,10-12,16,18H,4-5,8-9,13-14H2,1H3,(H,39,40)/t16-,18-. The van der Waals surface area contributed by atoms with Gasteiger partial charge >= 0.3 is 12.1 Å². The lowest BCUT2D eigenvalue weighted by molar-refractivity contribution is -0.147. The molecule has 0 unspecified atom stereocenters. The Morgan fingerprint density at radius 3 is 2.34 bits per heavy atom. The Morgan fingerprint density at radius 2 is 1.76 bits per heavy atom. The molecule has 0 radical (unpaired) electrons. The molecule has 1 aliphatic carbocycles. The second-order valence-corrected chi connectivity index (χ2v) is 10.0. The quantitative estimate of drug-likeness (QED) is 0.258. The molecule has 9 nitrogen and oxygen atoms in total. The summed E-state index contributed by atoms with van der Waals surface area (Å²) in [5.74, 6) is -4.08. The number of nitrogens with zero attached hydrogens (tertiary/aromatic N) is 4. The maximum Gasteiger partial charge on any atom is 0.433 e. The number of aromatic nitrogens is 3. The third kappa shape index (κ3) is 6.67. The van der Waals surface area contributed by atoms with E-state index in [0.29, 0.717) is 5.56 Å². The van der Waals surface area contributed by atoms with E-state index in [4.69, 9.17) is 16.3 Å². The van der Waals surface area contributed by atoms with Gasteiger partial charge in [-0.3, -0.25) is 24.0 Å². The average molecular weight is 597 g/mol. The summed E-state index contributed by atoms with van der Waals surface area (Å²) in [4.78, 5) is 43.1. The molecule has 1 N–H and O–H groups in total. The highest BCUT2D eigenvalue weighted by atomic mass is 35.5. The molecule has 14 heteroatoms. The summed E-state index contributed by atoms with van der Waals surface area (Å²) >= 11 is 6.16. The van der Waals surface area contributed by atoms with Crippen LogP contribution in [-0.4, -0.2) is 56.1 Å². The summed E-state index contributed by atoms with van der Waals surface area (Å²) in [7, 11) is 1.28. The summed E-state index contributed by atoms with van der Waals surface area (Å²) in [6.45, 7) is -1.02. The Bertz CT molecular complexity index is 1440. The van der Waals surface area contributed by atoms with Crippen LogP contribution < -0.4 is 4.74 Å². The van der Waals surface area contributed by atoms with Crippen LogP contribution in [-0.2, 0) is 17.5 Å². The molecule has 218 valence electrons. The summed E-state index contributed by atoms with van der Waals surface area (Å²) in [6.07, 6.45) is -1.17. The van der Waals surface area contributed by atoms with Crippen LogP contribution in [0, 0.1) is 11.7 Å². The van der Waals surface area contributed by atoms with Crippen molar-refractivity contribution >= 4 is 29.3 Å². The number of hydrogen-bond donors (Lipinski definition) is 1. The maximum atomic E-state index is 14.4. The lowest BCUT2D eigenvalue weighted by Gasteiger charge is -2.28. The van der Waals surface area contributed by atoms with E-state index in [-0.39, 0.29) is 48.6 Å². The number of ketones is 1. The molecule has 0 bridgehead atoms. The van der Waals surface area contributed by atoms with Gasteiger partial charge in [0.1, 0.15) is 11.6 Å². The van der Waals surface area contributed by atoms with Gasteiger partial charge in [-0.05, 0) is 43.4 Å². The van der Waals surface area contributed by atoms with Crippen LogP contribution in [0.4, 0.5) is 17.6 Å². The van der Waals surface area contributed by atoms with Crippen LogP contribution in [0.3, 0.4) is 0 Å². The first-order valence-electron chi connectivity index (χ1n) is 12.5. The number of Topliss-reactive ketones (excluding diaryl/α,β-unsaturated/α-hetero) is 1. The molecule has 2 heterocycles. The maximum absolute atomic E-state index is 14.4. The Hall–Kier alpha value is -4.00. The number of hydrogen-bond acceptors (Lipinski definition) is 6. The number of ether oxygens (including phenoxy) is 1. The average Bonchev–Trinajstić information content (AvgIpc) is 3.39. The van der Waals surface area contributed by atoms with E-state index < -0.39 is 59.4 Å². The molecule has 1 aromatic carbocycles. The Kier molecular flexibility index (Phi) is 8.95. The second-order valence-electron chi connectivity index (χ2n) is 9.60. The number of carbonyl (C=O) groups is 3. The minimum atomic E-state index is -4.99. The van der Waals surface area contributed by atoms with E-state index in [1.54, 1.807) is 0 Å². The number of carboxylic acid groups (broad SMARTS) is 1. The molecule has 1 fully saturated rings. The topological polar surface area (TPSA) is 115 Å². The van der Waals surface area contributed by atoms with Crippen molar-refractivity contribution < 1.29 is 41.8 Å². The zero-order valence-corrected chi connectivity index (χ0v) is 22.5. The zero-order valence-electron chi connectivity index (χ0n) is 21.7. The highest BCUT2D eigenvalue weighted by Crippen LogP contribution is 2.39. The van der Waals surface area contributed by atoms with Crippen LogP contribution in [0.5, 0.6) is 5.75 Å². The molecular weight excluding hydrogens is 572 g/mol. The summed E-state index contributed by atoms with van der Waals surface area (Å²) in [5.41, 5.74) is -1.82. The Labute approximate surface area is 236 Å². The van der Waals surface area contributed by atoms with Gasteiger partial charge in [0.2, 0.25) is 0 Å². The van der Waals surface area contributed by atoms with Crippen molar-refractivity contribution in [2.45, 2.75) is 44.4 Å². The number of aliphatic carboxylic acids is 1. The minimum Gasteiger partial charge on any atom is -0.494 e. The van der Waals surface area contributed by atoms with Gasteiger partial charge in [0, 0.05) is 12.7 Å². The predicted molar refractivity (Wildman–Crippen MR) is 137 cm³/mol. The fraction of sp³-hybridized carbons (Fsp3) is 0.370. The highest BCUT2D eigenvalue weighted by molar-refractivity contribution is 6.34. The first kappa shape index (κ1) is 30.0. The van der Waals surface area contributed by atoms with Crippen molar-refractivity contribution in [1.82, 2.24) is 19.7 Å². The summed E-state index contributed by atoms with van der Waals surface area (Å²) in [6, 6.07) is 4.16. The fourth-order valence-electron chi connectivity index (χ4n) is 4.92. The largest absolute Gasteiger partial charge is 0.494 e. The number of rotatable bonds is 9. The van der Waals surface area contributed by atoms with Crippen LogP contribution in [0.1, 0.15) is 63.7 Å². The van der Waals surface area contributed by atoms with Gasteiger partial charge in [0.15, 0.2) is 11.5 Å². The zero-order chi connectivity index (χ0) is 29.9. The number of methoxy groups -OCH3 is 1. The van der Waals surface area contributed by atoms with E-state index in [1.165, 1.54) is 31.6 Å². The predicted octanol–water partition coefficient (Wildman–Crippen LogP) is 5.44. The molecular formula is C27H25ClF4N4O5. The van der Waals surface area contributed by atoms with Gasteiger partial charge in [-0.25, -0.2) is 4.39 Å². The van der Waals surface area contributed by atoms with Crippen molar-refractivity contribution in [3.63, 3.8) is 0 Å². The Balaban J connectivity index is 1.71. The lowest BCUT2D eigenvalue weighted by Crippen LogP contribution is -2.37. The molecule has 1 aliphatic rings. The van der Waals surface area contributed by atoms with Crippen molar-refractivity contribution in [1.29, 1.82) is 0 Å². The molecule has 0 atom stereocenters. The first-order valence-corrected chi connectivity index (χ1v) is 12.9. The smallest absolute Gasteiger partial charge is 0.433 e. The summed E-state index contributed by atoms with van der Waals surface area (Å²) in [5, 5.41) is 13.1. The van der Waals surface area contributed by atoms with Crippen LogP contribution in [0.15, 0.2) is 42.9 Å². The van der Waals surface area contributed by atoms with Crippen molar-refractivity contribution in [2.24, 2.45) is 5.92 Å². The van der Waals surface area contributed by atoms with Crippen LogP contribution in [0.2, 0.25) is 5.02 Å². The molecule has 0 saturated heterocycles. The van der Waals surface area contributed by atoms with E-state index in [1.807, 2.05) is 0 Å². The number of carbonyl (C=O) groups excluding carboxylic acids is 2. The molecule has 4 rings (SSSR count). The van der Waals surface area contributed by atoms with Gasteiger partial charge < -0.3 is 14.7 Å². The van der Waals surface area contributed by atoms with Gasteiger partial charge in [-0.15, -0.1) is 0 Å². The van der Waals surface area contributed by atoms with Crippen molar-refractivity contribution in [3.8, 4) is 5.75 Å². The second kappa shape index (κ2) is 12.2. The molecule has 1 amide bonds. The third-order valence-corrected chi connectivity index (χ3v) is 7.24. The summed E-state index contributed by atoms with van der Waals surface area (Å²) < 4.78 is 62.6. The van der Waals surface area contributed by atoms with Gasteiger partial charge in [0.25, 0.3) is 5.91 Å². The first-order chi connectivity index (χ1) is 19.4. The van der Waals surface area contributed by atoms with E-state index in [9.17, 15) is 37.1 Å². The minimum absolute atomic E-state index is 0.0115. The molecule has 41 heavy (non-hydrogen) atoms. The molecule has 0 aliphatic heterocycles. The number of halogens is 5. The molecule has 2 aromatic heterocycles. The fourth-order valence-corrected chi connectivity index (χ4v) is 5.18. The normalized spacial score (nSPS) is 17.2. The van der Waals surface area contributed by atoms with Gasteiger partial charge in [0.05, 0.1) is 54.2 Å². The SMILES string of the molecule is COc1cncc(Cl)c1C(=O)CN(Cc1ccc(F)cc1)C(=O)c1cnn([C@H]2CC[C@H](C(=O)O)CC2)c1C(F)(F)F. The number of pyridine rings is 1. The molecule has 3 aromatic rings. The van der Waals surface area contributed by atoms with Gasteiger partial charge in [-0.2, -0.15) is 18.3 Å². The van der Waals surface area contributed by atoms with E-state index in [2.05, 4.69) is 10.1 Å². The lowest BCUT2D eigenvalue weighted by atomic mass is 9.86. The number of benzene rings is 1. The van der Waals surface area contributed by atoms with Crippen molar-refractivity contribution in [2.75, 3.05) is 13.7 Å². The van der Waals surface area contributed by atoms with E-state index in [0.717, 1.165) is 27.9 Å².